The van der Waals surface area contributed by atoms with Crippen LogP contribution in [-0.2, 0) is 20.6 Å². The Bertz CT molecular complexity index is 1270. The summed E-state index contributed by atoms with van der Waals surface area (Å²) in [5.41, 5.74) is -0.404. The third-order valence-corrected chi connectivity index (χ3v) is 6.29. The van der Waals surface area contributed by atoms with Gasteiger partial charge in [0.25, 0.3) is 5.56 Å². The van der Waals surface area contributed by atoms with E-state index in [0.717, 1.165) is 17.7 Å². The molecule has 3 heterocycles. The molecule has 0 amide bonds. The summed E-state index contributed by atoms with van der Waals surface area (Å²) in [4.78, 5) is 34.4. The molecule has 12 nitrogen and oxygen atoms in total. The quantitative estimate of drug-likeness (QED) is 0.390. The monoisotopic (exact) mass is 488 g/mol. The Balaban J connectivity index is 1.63. The van der Waals surface area contributed by atoms with Crippen LogP contribution in [0.4, 0.5) is 5.95 Å². The number of nitrogens with zero attached hydrogens (tertiary/aromatic N) is 6. The second kappa shape index (κ2) is 10.5. The highest BCUT2D eigenvalue weighted by atomic mass is 16.5. The molecule has 0 spiro atoms. The Labute approximate surface area is 202 Å². The van der Waals surface area contributed by atoms with E-state index in [-0.39, 0.29) is 30.9 Å². The number of aliphatic hydroxyl groups is 2. The lowest BCUT2D eigenvalue weighted by molar-refractivity contribution is 0.0934. The summed E-state index contributed by atoms with van der Waals surface area (Å²) in [6.07, 6.45) is -0.939. The van der Waals surface area contributed by atoms with E-state index in [1.54, 1.807) is 43.0 Å². The van der Waals surface area contributed by atoms with Crippen LogP contribution >= 0.6 is 0 Å². The molecule has 0 unspecified atom stereocenters. The minimum atomic E-state index is -0.939. The van der Waals surface area contributed by atoms with E-state index < -0.39 is 17.4 Å². The van der Waals surface area contributed by atoms with Gasteiger partial charge in [0, 0.05) is 46.8 Å². The third kappa shape index (κ3) is 5.04. The fourth-order valence-corrected chi connectivity index (χ4v) is 4.29. The molecule has 0 bridgehead atoms. The van der Waals surface area contributed by atoms with E-state index >= 15 is 0 Å². The van der Waals surface area contributed by atoms with Crippen molar-refractivity contribution in [2.24, 2.45) is 14.1 Å². The Morgan fingerprint density at radius 3 is 2.31 bits per heavy atom. The minimum Gasteiger partial charge on any atom is -0.497 e. The van der Waals surface area contributed by atoms with Crippen LogP contribution in [-0.4, -0.2) is 92.9 Å². The van der Waals surface area contributed by atoms with Crippen molar-refractivity contribution >= 4 is 17.1 Å². The topological polar surface area (TPSA) is 127 Å². The number of aryl methyl sites for hydroxylation is 1. The molecule has 0 radical (unpaired) electrons. The number of ether oxygens (including phenoxy) is 2. The van der Waals surface area contributed by atoms with Crippen LogP contribution in [0.15, 0.2) is 33.9 Å². The molecule has 2 N–H and O–H groups in total. The second-order valence-electron chi connectivity index (χ2n) is 8.59. The maximum Gasteiger partial charge on any atom is 0.332 e. The van der Waals surface area contributed by atoms with Gasteiger partial charge in [0.2, 0.25) is 5.95 Å². The fraction of sp³-hybridized carbons (Fsp3) is 0.522. The Hall–Kier alpha value is -3.35. The van der Waals surface area contributed by atoms with Crippen molar-refractivity contribution in [3.05, 3.63) is 45.1 Å². The molecule has 190 valence electrons. The summed E-state index contributed by atoms with van der Waals surface area (Å²) >= 11 is 0. The minimum absolute atomic E-state index is 0.00179. The number of β-amino-alcohol motifs (C(OH)–C–C–N with tert-alkyl or cyclic N) is 1. The highest BCUT2D eigenvalue weighted by Gasteiger charge is 2.26. The van der Waals surface area contributed by atoms with Crippen LogP contribution in [0.1, 0.15) is 0 Å². The van der Waals surface area contributed by atoms with E-state index in [2.05, 4.69) is 9.88 Å². The van der Waals surface area contributed by atoms with Gasteiger partial charge in [-0.3, -0.25) is 18.8 Å². The van der Waals surface area contributed by atoms with Gasteiger partial charge in [0.05, 0.1) is 20.3 Å². The predicted molar refractivity (Wildman–Crippen MR) is 130 cm³/mol. The van der Waals surface area contributed by atoms with Crippen LogP contribution < -0.4 is 25.6 Å². The van der Waals surface area contributed by atoms with E-state index in [1.165, 1.54) is 11.6 Å². The number of fused-ring (bicyclic) bond motifs is 1. The summed E-state index contributed by atoms with van der Waals surface area (Å²) in [6.45, 7) is 3.48. The highest BCUT2D eigenvalue weighted by molar-refractivity contribution is 5.74. The van der Waals surface area contributed by atoms with Crippen LogP contribution in [0.3, 0.4) is 0 Å². The maximum absolute atomic E-state index is 13.1. The molecule has 12 heteroatoms. The zero-order valence-electron chi connectivity index (χ0n) is 20.3. The smallest absolute Gasteiger partial charge is 0.332 e. The van der Waals surface area contributed by atoms with Gasteiger partial charge >= 0.3 is 5.69 Å². The van der Waals surface area contributed by atoms with Crippen LogP contribution in [0.25, 0.3) is 11.2 Å². The molecule has 1 saturated heterocycles. The Kier molecular flexibility index (Phi) is 7.43. The zero-order chi connectivity index (χ0) is 25.1. The SMILES string of the molecule is COc1ccc(OC[C@H](O)Cn2c(N3CCN(CCO)CC3)nc3c2c(=O)n(C)c(=O)n3C)cc1. The van der Waals surface area contributed by atoms with Crippen molar-refractivity contribution in [3.63, 3.8) is 0 Å². The standard InChI is InChI=1S/C23H32N6O6/c1-25-20-19(21(32)26(2)23(25)33)29(22(24-20)28-10-8-27(9-11-28)12-13-30)14-16(31)15-35-18-6-4-17(34-3)5-7-18/h4-7,16,30-31H,8-15H2,1-3H3/t16-/m1/s1. The molecule has 4 rings (SSSR count). The van der Waals surface area contributed by atoms with Crippen molar-refractivity contribution in [3.8, 4) is 11.5 Å². The first-order chi connectivity index (χ1) is 16.8. The average Bonchev–Trinajstić information content (AvgIpc) is 3.25. The van der Waals surface area contributed by atoms with Crippen molar-refractivity contribution in [2.45, 2.75) is 12.6 Å². The molecule has 0 saturated carbocycles. The normalized spacial score (nSPS) is 15.5. The average molecular weight is 489 g/mol. The zero-order valence-corrected chi connectivity index (χ0v) is 20.3. The number of aliphatic hydroxyl groups excluding tert-OH is 2. The Morgan fingerprint density at radius 1 is 1.03 bits per heavy atom. The number of hydrogen-bond donors (Lipinski definition) is 2. The Morgan fingerprint density at radius 2 is 1.69 bits per heavy atom. The lowest BCUT2D eigenvalue weighted by Crippen LogP contribution is -2.48. The van der Waals surface area contributed by atoms with Gasteiger partial charge in [-0.05, 0) is 24.3 Å². The number of aromatic nitrogens is 4. The number of benzene rings is 1. The van der Waals surface area contributed by atoms with E-state index in [0.29, 0.717) is 37.1 Å². The molecule has 0 aliphatic carbocycles. The molecule has 1 fully saturated rings. The molecule has 1 aliphatic heterocycles. The number of piperazine rings is 1. The summed E-state index contributed by atoms with van der Waals surface area (Å²) in [7, 11) is 4.59. The van der Waals surface area contributed by atoms with Crippen LogP contribution in [0, 0.1) is 0 Å². The molecule has 2 aromatic heterocycles. The number of methoxy groups -OCH3 is 1. The summed E-state index contributed by atoms with van der Waals surface area (Å²) in [6, 6.07) is 7.04. The molecular formula is C23H32N6O6. The van der Waals surface area contributed by atoms with Crippen molar-refractivity contribution in [1.29, 1.82) is 0 Å². The number of rotatable bonds is 9. The van der Waals surface area contributed by atoms with Crippen molar-refractivity contribution in [1.82, 2.24) is 23.6 Å². The van der Waals surface area contributed by atoms with Gasteiger partial charge in [-0.1, -0.05) is 0 Å². The molecule has 1 aliphatic rings. The first-order valence-electron chi connectivity index (χ1n) is 11.5. The third-order valence-electron chi connectivity index (χ3n) is 6.29. The lowest BCUT2D eigenvalue weighted by atomic mass is 10.3. The molecule has 35 heavy (non-hydrogen) atoms. The molecule has 3 aromatic rings. The first-order valence-corrected chi connectivity index (χ1v) is 11.5. The van der Waals surface area contributed by atoms with Crippen LogP contribution in [0.5, 0.6) is 11.5 Å². The first kappa shape index (κ1) is 24.8. The maximum atomic E-state index is 13.1. The molecule has 1 aromatic carbocycles. The number of anilines is 1. The second-order valence-corrected chi connectivity index (χ2v) is 8.59. The van der Waals surface area contributed by atoms with Gasteiger partial charge in [-0.2, -0.15) is 4.98 Å². The number of imidazole rings is 1. The largest absolute Gasteiger partial charge is 0.497 e. The fourth-order valence-electron chi connectivity index (χ4n) is 4.29. The van der Waals surface area contributed by atoms with E-state index in [9.17, 15) is 19.8 Å². The number of hydrogen-bond acceptors (Lipinski definition) is 9. The molecule has 1 atom stereocenters. The summed E-state index contributed by atoms with van der Waals surface area (Å²) in [5.74, 6) is 1.80. The van der Waals surface area contributed by atoms with E-state index in [1.807, 2.05) is 4.90 Å². The van der Waals surface area contributed by atoms with E-state index in [4.69, 9.17) is 9.47 Å². The van der Waals surface area contributed by atoms with Crippen molar-refractivity contribution < 1.29 is 19.7 Å². The lowest BCUT2D eigenvalue weighted by Gasteiger charge is -2.35. The summed E-state index contributed by atoms with van der Waals surface area (Å²) < 4.78 is 14.9. The summed E-state index contributed by atoms with van der Waals surface area (Å²) in [5, 5.41) is 20.1. The van der Waals surface area contributed by atoms with Gasteiger partial charge in [-0.15, -0.1) is 0 Å². The van der Waals surface area contributed by atoms with Gasteiger partial charge in [0.1, 0.15) is 24.2 Å². The van der Waals surface area contributed by atoms with Crippen LogP contribution in [0.2, 0.25) is 0 Å². The van der Waals surface area contributed by atoms with Gasteiger partial charge in [-0.25, -0.2) is 4.79 Å². The van der Waals surface area contributed by atoms with Gasteiger partial charge < -0.3 is 29.2 Å². The van der Waals surface area contributed by atoms with Gasteiger partial charge in [0.15, 0.2) is 11.2 Å². The predicted octanol–water partition coefficient (Wildman–Crippen LogP) is -1.00. The van der Waals surface area contributed by atoms with Crippen molar-refractivity contribution in [2.75, 3.05) is 57.9 Å². The highest BCUT2D eigenvalue weighted by Crippen LogP contribution is 2.22. The molecular weight excluding hydrogens is 456 g/mol.